The van der Waals surface area contributed by atoms with Crippen LogP contribution >= 0.6 is 0 Å². The summed E-state index contributed by atoms with van der Waals surface area (Å²) in [7, 11) is -2.14. The molecule has 1 aliphatic rings. The molecule has 2 unspecified atom stereocenters. The smallest absolute Gasteiger partial charge is 0.319 e. The summed E-state index contributed by atoms with van der Waals surface area (Å²) in [4.78, 5) is 12.4. The van der Waals surface area contributed by atoms with Crippen LogP contribution < -0.4 is 0 Å². The summed E-state index contributed by atoms with van der Waals surface area (Å²) in [6, 6.07) is 0. The highest BCUT2D eigenvalue weighted by atomic mass is 28.4. The minimum Gasteiger partial charge on any atom is -0.515 e. The van der Waals surface area contributed by atoms with E-state index in [1.807, 2.05) is 0 Å². The van der Waals surface area contributed by atoms with Gasteiger partial charge in [-0.15, -0.1) is 0 Å². The molecule has 3 heteroatoms. The highest BCUT2D eigenvalue weighted by Gasteiger charge is 2.53. The van der Waals surface area contributed by atoms with E-state index in [9.17, 15) is 4.79 Å². The number of hydrogen-bond donors (Lipinski definition) is 0. The summed E-state index contributed by atoms with van der Waals surface area (Å²) in [6.07, 6.45) is 8.67. The Morgan fingerprint density at radius 2 is 1.62 bits per heavy atom. The highest BCUT2D eigenvalue weighted by molar-refractivity contribution is 6.79. The molecule has 0 bridgehead atoms. The fraction of sp³-hybridized carbons (Fsp3) is 0.833. The normalized spacial score (nSPS) is 22.1. The van der Waals surface area contributed by atoms with Crippen LogP contribution in [0.15, 0.2) is 12.2 Å². The van der Waals surface area contributed by atoms with Crippen molar-refractivity contribution in [3.05, 3.63) is 12.2 Å². The van der Waals surface area contributed by atoms with Crippen LogP contribution in [0.25, 0.3) is 0 Å². The largest absolute Gasteiger partial charge is 0.515 e. The molecule has 0 spiro atoms. The van der Waals surface area contributed by atoms with Gasteiger partial charge in [0.05, 0.1) is 0 Å². The second-order valence-electron chi connectivity index (χ2n) is 6.98. The lowest BCUT2D eigenvalue weighted by Crippen LogP contribution is -2.52. The van der Waals surface area contributed by atoms with E-state index in [1.165, 1.54) is 32.1 Å². The first-order valence-corrected chi connectivity index (χ1v) is 10.9. The molecule has 0 amide bonds. The number of rotatable bonds is 7. The van der Waals surface area contributed by atoms with Gasteiger partial charge < -0.3 is 4.43 Å². The van der Waals surface area contributed by atoms with Gasteiger partial charge in [0, 0.05) is 5.57 Å². The zero-order chi connectivity index (χ0) is 16.0. The van der Waals surface area contributed by atoms with Gasteiger partial charge in [0.2, 0.25) is 0 Å². The lowest BCUT2D eigenvalue weighted by Gasteiger charge is -2.47. The molecule has 1 aliphatic carbocycles. The van der Waals surface area contributed by atoms with Gasteiger partial charge >= 0.3 is 5.97 Å². The maximum atomic E-state index is 12.4. The molecular formula is C18H34O2Si. The lowest BCUT2D eigenvalue weighted by molar-refractivity contribution is -0.131. The third-order valence-electron chi connectivity index (χ3n) is 5.63. The summed E-state index contributed by atoms with van der Waals surface area (Å²) < 4.78 is 6.34. The molecule has 2 nitrogen and oxygen atoms in total. The van der Waals surface area contributed by atoms with Crippen molar-refractivity contribution in [3.8, 4) is 0 Å². The topological polar surface area (TPSA) is 26.3 Å². The van der Waals surface area contributed by atoms with Crippen molar-refractivity contribution in [1.29, 1.82) is 0 Å². The quantitative estimate of drug-likeness (QED) is 0.426. The lowest BCUT2D eigenvalue weighted by atomic mass is 10.0. The van der Waals surface area contributed by atoms with Gasteiger partial charge in [0.1, 0.15) is 0 Å². The van der Waals surface area contributed by atoms with Gasteiger partial charge in [-0.25, -0.2) is 4.79 Å². The van der Waals surface area contributed by atoms with Gasteiger partial charge in [0.15, 0.2) is 0 Å². The first-order chi connectivity index (χ1) is 9.90. The van der Waals surface area contributed by atoms with Crippen molar-refractivity contribution in [2.24, 2.45) is 0 Å². The van der Waals surface area contributed by atoms with Gasteiger partial charge in [-0.05, 0) is 36.4 Å². The zero-order valence-electron chi connectivity index (χ0n) is 14.7. The monoisotopic (exact) mass is 310 g/mol. The predicted molar refractivity (Wildman–Crippen MR) is 92.9 cm³/mol. The second kappa shape index (κ2) is 8.16. The van der Waals surface area contributed by atoms with Gasteiger partial charge in [0.25, 0.3) is 8.32 Å². The molecule has 1 saturated carbocycles. The van der Waals surface area contributed by atoms with Gasteiger partial charge in [-0.1, -0.05) is 66.4 Å². The van der Waals surface area contributed by atoms with E-state index in [1.54, 1.807) is 6.92 Å². The summed E-state index contributed by atoms with van der Waals surface area (Å²) in [5.74, 6) is -0.146. The van der Waals surface area contributed by atoms with E-state index in [2.05, 4.69) is 34.3 Å². The number of hydrogen-bond acceptors (Lipinski definition) is 2. The highest BCUT2D eigenvalue weighted by Crippen LogP contribution is 2.51. The third-order valence-corrected chi connectivity index (χ3v) is 11.9. The Labute approximate surface area is 132 Å². The van der Waals surface area contributed by atoms with E-state index >= 15 is 0 Å². The minimum atomic E-state index is -2.14. The molecule has 1 fully saturated rings. The van der Waals surface area contributed by atoms with Crippen molar-refractivity contribution in [3.63, 3.8) is 0 Å². The van der Waals surface area contributed by atoms with E-state index in [4.69, 9.17) is 4.43 Å². The number of carbonyl (C=O) groups is 1. The Bertz CT molecular complexity index is 348. The Hall–Kier alpha value is -0.573. The average molecular weight is 311 g/mol. The Morgan fingerprint density at radius 3 is 2.00 bits per heavy atom. The van der Waals surface area contributed by atoms with E-state index in [0.29, 0.717) is 22.2 Å². The molecule has 0 aromatic rings. The van der Waals surface area contributed by atoms with Crippen LogP contribution in [0.4, 0.5) is 0 Å². The molecule has 0 aromatic carbocycles. The summed E-state index contributed by atoms with van der Waals surface area (Å²) in [5, 5.41) is 0. The molecule has 0 radical (unpaired) electrons. The molecule has 2 atom stereocenters. The average Bonchev–Trinajstić information content (AvgIpc) is 2.51. The minimum absolute atomic E-state index is 0.146. The van der Waals surface area contributed by atoms with Crippen LogP contribution in [0.3, 0.4) is 0 Å². The Kier molecular flexibility index (Phi) is 7.18. The standard InChI is InChI=1S/C18H34O2Si/c1-7-15(5)21(16(6)8-2,20-18(19)14(3)4)17-12-10-9-11-13-17/h15-17H,3,7-13H2,1-2,4-6H3. The SMILES string of the molecule is C=C(C)C(=O)O[Si](C(C)CC)(C(C)CC)C1CCCCC1. The van der Waals surface area contributed by atoms with Crippen molar-refractivity contribution < 1.29 is 9.22 Å². The Balaban J connectivity index is 3.19. The van der Waals surface area contributed by atoms with Crippen molar-refractivity contribution in [2.75, 3.05) is 0 Å². The van der Waals surface area contributed by atoms with Crippen LogP contribution in [0.5, 0.6) is 0 Å². The predicted octanol–water partition coefficient (Wildman–Crippen LogP) is 5.99. The van der Waals surface area contributed by atoms with Crippen molar-refractivity contribution >= 4 is 14.3 Å². The first kappa shape index (κ1) is 18.5. The molecule has 0 heterocycles. The molecule has 122 valence electrons. The molecular weight excluding hydrogens is 276 g/mol. The maximum Gasteiger partial charge on any atom is 0.319 e. The first-order valence-electron chi connectivity index (χ1n) is 8.78. The fourth-order valence-corrected chi connectivity index (χ4v) is 10.2. The molecule has 0 saturated heterocycles. The molecule has 0 aliphatic heterocycles. The van der Waals surface area contributed by atoms with Crippen LogP contribution in [0.2, 0.25) is 16.6 Å². The van der Waals surface area contributed by atoms with E-state index < -0.39 is 8.32 Å². The summed E-state index contributed by atoms with van der Waals surface area (Å²) in [5.41, 5.74) is 2.24. The second-order valence-corrected chi connectivity index (χ2v) is 11.7. The van der Waals surface area contributed by atoms with Crippen molar-refractivity contribution in [1.82, 2.24) is 0 Å². The van der Waals surface area contributed by atoms with E-state index in [0.717, 1.165) is 12.8 Å². The van der Waals surface area contributed by atoms with Gasteiger partial charge in [-0.2, -0.15) is 0 Å². The van der Waals surface area contributed by atoms with Crippen molar-refractivity contribution in [2.45, 2.75) is 96.2 Å². The fourth-order valence-electron chi connectivity index (χ4n) is 4.01. The van der Waals surface area contributed by atoms with E-state index in [-0.39, 0.29) is 5.97 Å². The summed E-state index contributed by atoms with van der Waals surface area (Å²) >= 11 is 0. The molecule has 0 aromatic heterocycles. The third kappa shape index (κ3) is 4.00. The zero-order valence-corrected chi connectivity index (χ0v) is 15.7. The van der Waals surface area contributed by atoms with Crippen LogP contribution in [0.1, 0.15) is 79.6 Å². The van der Waals surface area contributed by atoms with Crippen LogP contribution in [-0.4, -0.2) is 14.3 Å². The molecule has 21 heavy (non-hydrogen) atoms. The molecule has 1 rings (SSSR count). The van der Waals surface area contributed by atoms with Crippen LogP contribution in [-0.2, 0) is 9.22 Å². The Morgan fingerprint density at radius 1 is 1.14 bits per heavy atom. The van der Waals surface area contributed by atoms with Gasteiger partial charge in [-0.3, -0.25) is 0 Å². The number of carbonyl (C=O) groups excluding carboxylic acids is 1. The summed E-state index contributed by atoms with van der Waals surface area (Å²) in [6.45, 7) is 14.7. The van der Waals surface area contributed by atoms with Crippen LogP contribution in [0, 0.1) is 0 Å². The molecule has 0 N–H and O–H groups in total. The maximum absolute atomic E-state index is 12.4.